The summed E-state index contributed by atoms with van der Waals surface area (Å²) in [5.41, 5.74) is -0.825. The molecule has 86 valence electrons. The second-order valence-corrected chi connectivity index (χ2v) is 4.81. The van der Waals surface area contributed by atoms with Crippen molar-refractivity contribution in [3.63, 3.8) is 0 Å². The Morgan fingerprint density at radius 1 is 1.53 bits per heavy atom. The van der Waals surface area contributed by atoms with Gasteiger partial charge in [0.05, 0.1) is 7.11 Å². The van der Waals surface area contributed by atoms with Crippen LogP contribution in [0.3, 0.4) is 0 Å². The van der Waals surface area contributed by atoms with E-state index < -0.39 is 5.60 Å². The monoisotopic (exact) mass is 212 g/mol. The lowest BCUT2D eigenvalue weighted by Crippen LogP contribution is -2.40. The summed E-state index contributed by atoms with van der Waals surface area (Å²) in [6.45, 7) is 4.20. The van der Waals surface area contributed by atoms with E-state index in [0.717, 1.165) is 12.8 Å². The molecule has 3 unspecified atom stereocenters. The molecule has 0 radical (unpaired) electrons. The Morgan fingerprint density at radius 2 is 2.27 bits per heavy atom. The lowest BCUT2D eigenvalue weighted by Gasteiger charge is -2.28. The second kappa shape index (κ2) is 3.48. The maximum Gasteiger partial charge on any atom is 0.341 e. The van der Waals surface area contributed by atoms with Crippen LogP contribution in [0.1, 0.15) is 46.0 Å². The van der Waals surface area contributed by atoms with Crippen LogP contribution in [0.4, 0.5) is 0 Å². The third-order valence-corrected chi connectivity index (χ3v) is 4.24. The maximum atomic E-state index is 11.8. The van der Waals surface area contributed by atoms with Gasteiger partial charge in [-0.1, -0.05) is 26.7 Å². The van der Waals surface area contributed by atoms with Crippen LogP contribution >= 0.6 is 0 Å². The zero-order valence-electron chi connectivity index (χ0n) is 9.84. The number of hydrogen-bond donors (Lipinski definition) is 0. The van der Waals surface area contributed by atoms with Crippen molar-refractivity contribution >= 4 is 5.97 Å². The van der Waals surface area contributed by atoms with Crippen molar-refractivity contribution in [1.29, 1.82) is 0 Å². The molecule has 3 nitrogen and oxygen atoms in total. The molecule has 3 atom stereocenters. The Labute approximate surface area is 91.1 Å². The highest BCUT2D eigenvalue weighted by molar-refractivity contribution is 5.85. The van der Waals surface area contributed by atoms with Crippen LogP contribution < -0.4 is 0 Å². The normalized spacial score (nSPS) is 44.1. The molecule has 0 N–H and O–H groups in total. The number of methoxy groups -OCH3 is 1. The van der Waals surface area contributed by atoms with Crippen LogP contribution in [0.15, 0.2) is 0 Å². The Morgan fingerprint density at radius 3 is 2.80 bits per heavy atom. The molecule has 2 aliphatic rings. The summed E-state index contributed by atoms with van der Waals surface area (Å²) >= 11 is 0. The van der Waals surface area contributed by atoms with Gasteiger partial charge >= 0.3 is 5.97 Å². The van der Waals surface area contributed by atoms with E-state index in [2.05, 4.69) is 6.92 Å². The molecule has 1 aliphatic heterocycles. The van der Waals surface area contributed by atoms with Crippen molar-refractivity contribution in [3.05, 3.63) is 0 Å². The second-order valence-electron chi connectivity index (χ2n) is 4.81. The molecule has 1 aliphatic carbocycles. The fourth-order valence-corrected chi connectivity index (χ4v) is 3.25. The first kappa shape index (κ1) is 10.9. The van der Waals surface area contributed by atoms with Crippen molar-refractivity contribution < 1.29 is 14.3 Å². The van der Waals surface area contributed by atoms with E-state index in [-0.39, 0.29) is 11.6 Å². The fraction of sp³-hybridized carbons (Fsp3) is 0.917. The fourth-order valence-electron chi connectivity index (χ4n) is 3.25. The van der Waals surface area contributed by atoms with Crippen molar-refractivity contribution in [2.24, 2.45) is 5.92 Å². The van der Waals surface area contributed by atoms with Crippen molar-refractivity contribution in [3.8, 4) is 0 Å². The van der Waals surface area contributed by atoms with Gasteiger partial charge in [-0.15, -0.1) is 0 Å². The number of epoxide rings is 1. The zero-order chi connectivity index (χ0) is 11.1. The maximum absolute atomic E-state index is 11.8. The van der Waals surface area contributed by atoms with Gasteiger partial charge in [0, 0.05) is 0 Å². The lowest BCUT2D eigenvalue weighted by molar-refractivity contribution is -0.147. The van der Waals surface area contributed by atoms with Crippen molar-refractivity contribution in [2.75, 3.05) is 7.11 Å². The molecule has 1 saturated carbocycles. The average Bonchev–Trinajstić information content (AvgIpc) is 2.92. The van der Waals surface area contributed by atoms with E-state index >= 15 is 0 Å². The number of rotatable bonds is 2. The van der Waals surface area contributed by atoms with E-state index in [4.69, 9.17) is 9.47 Å². The van der Waals surface area contributed by atoms with E-state index in [1.807, 2.05) is 6.92 Å². The third-order valence-electron chi connectivity index (χ3n) is 4.24. The number of ether oxygens (including phenoxy) is 2. The summed E-state index contributed by atoms with van der Waals surface area (Å²) in [4.78, 5) is 11.8. The SMILES string of the molecule is CCC1(C(=O)OC)OC12CCCCC2C. The Hall–Kier alpha value is -0.570. The molecule has 1 saturated heterocycles. The van der Waals surface area contributed by atoms with Gasteiger partial charge in [-0.3, -0.25) is 0 Å². The predicted molar refractivity (Wildman–Crippen MR) is 56.5 cm³/mol. The average molecular weight is 212 g/mol. The molecular formula is C12H20O3. The molecule has 1 heterocycles. The van der Waals surface area contributed by atoms with E-state index in [1.54, 1.807) is 0 Å². The van der Waals surface area contributed by atoms with Crippen LogP contribution in [-0.2, 0) is 14.3 Å². The third kappa shape index (κ3) is 1.25. The first-order valence-corrected chi connectivity index (χ1v) is 5.91. The smallest absolute Gasteiger partial charge is 0.341 e. The molecule has 15 heavy (non-hydrogen) atoms. The number of carbonyl (C=O) groups excluding carboxylic acids is 1. The van der Waals surface area contributed by atoms with Crippen LogP contribution in [-0.4, -0.2) is 24.3 Å². The van der Waals surface area contributed by atoms with E-state index in [1.165, 1.54) is 26.4 Å². The summed E-state index contributed by atoms with van der Waals surface area (Å²) in [5.74, 6) is 0.295. The van der Waals surface area contributed by atoms with Gasteiger partial charge in [0.1, 0.15) is 5.60 Å². The summed E-state index contributed by atoms with van der Waals surface area (Å²) in [6.07, 6.45) is 5.33. The molecule has 3 heteroatoms. The highest BCUT2D eigenvalue weighted by Gasteiger charge is 2.76. The molecule has 0 amide bonds. The highest BCUT2D eigenvalue weighted by Crippen LogP contribution is 2.61. The molecule has 0 aromatic heterocycles. The largest absolute Gasteiger partial charge is 0.467 e. The van der Waals surface area contributed by atoms with E-state index in [0.29, 0.717) is 5.92 Å². The zero-order valence-corrected chi connectivity index (χ0v) is 9.84. The Balaban J connectivity index is 2.22. The summed E-state index contributed by atoms with van der Waals surface area (Å²) in [5, 5.41) is 0. The number of esters is 1. The van der Waals surface area contributed by atoms with Crippen LogP contribution in [0, 0.1) is 5.92 Å². The van der Waals surface area contributed by atoms with Gasteiger partial charge in [-0.05, 0) is 25.2 Å². The molecule has 1 spiro atoms. The summed E-state index contributed by atoms with van der Waals surface area (Å²) in [7, 11) is 1.45. The first-order chi connectivity index (χ1) is 7.13. The molecule has 2 rings (SSSR count). The first-order valence-electron chi connectivity index (χ1n) is 5.91. The highest BCUT2D eigenvalue weighted by atomic mass is 16.7. The number of carbonyl (C=O) groups is 1. The van der Waals surface area contributed by atoms with Crippen LogP contribution in [0.5, 0.6) is 0 Å². The molecule has 2 fully saturated rings. The minimum atomic E-state index is -0.623. The van der Waals surface area contributed by atoms with Gasteiger partial charge in [-0.2, -0.15) is 0 Å². The topological polar surface area (TPSA) is 38.8 Å². The van der Waals surface area contributed by atoms with Crippen molar-refractivity contribution in [1.82, 2.24) is 0 Å². The minimum absolute atomic E-state index is 0.182. The number of hydrogen-bond acceptors (Lipinski definition) is 3. The molecular weight excluding hydrogens is 192 g/mol. The van der Waals surface area contributed by atoms with Gasteiger partial charge in [0.25, 0.3) is 0 Å². The Kier molecular flexibility index (Phi) is 2.53. The molecule has 0 aromatic rings. The summed E-state index contributed by atoms with van der Waals surface area (Å²) < 4.78 is 10.8. The van der Waals surface area contributed by atoms with Gasteiger partial charge in [-0.25, -0.2) is 4.79 Å². The lowest BCUT2D eigenvalue weighted by atomic mass is 9.72. The quantitative estimate of drug-likeness (QED) is 0.520. The molecule has 0 bridgehead atoms. The Bertz CT molecular complexity index is 276. The van der Waals surface area contributed by atoms with Crippen molar-refractivity contribution in [2.45, 2.75) is 57.2 Å². The van der Waals surface area contributed by atoms with Gasteiger partial charge in [0.15, 0.2) is 5.60 Å². The van der Waals surface area contributed by atoms with Gasteiger partial charge < -0.3 is 9.47 Å². The molecule has 0 aromatic carbocycles. The summed E-state index contributed by atoms with van der Waals surface area (Å²) in [6, 6.07) is 0. The van der Waals surface area contributed by atoms with Crippen LogP contribution in [0.25, 0.3) is 0 Å². The van der Waals surface area contributed by atoms with E-state index in [9.17, 15) is 4.79 Å². The predicted octanol–water partition coefficient (Wildman–Crippen LogP) is 2.29. The van der Waals surface area contributed by atoms with Gasteiger partial charge in [0.2, 0.25) is 0 Å². The van der Waals surface area contributed by atoms with Crippen LogP contribution in [0.2, 0.25) is 0 Å². The minimum Gasteiger partial charge on any atom is -0.467 e. The standard InChI is InChI=1S/C12H20O3/c1-4-11(10(13)14-3)12(15-11)8-6-5-7-9(12)2/h9H,4-8H2,1-3H3.